The molecule has 1 aliphatic heterocycles. The molecule has 0 N–H and O–H groups in total. The summed E-state index contributed by atoms with van der Waals surface area (Å²) < 4.78 is 33.7. The zero-order valence-corrected chi connectivity index (χ0v) is 15.7. The minimum Gasteiger partial charge on any atom is -0.375 e. The highest BCUT2D eigenvalue weighted by Crippen LogP contribution is 2.26. The molecule has 1 saturated heterocycles. The molecule has 1 atom stereocenters. The predicted molar refractivity (Wildman–Crippen MR) is 102 cm³/mol. The van der Waals surface area contributed by atoms with Gasteiger partial charge in [-0.25, -0.2) is 8.42 Å². The second-order valence-corrected chi connectivity index (χ2v) is 9.12. The van der Waals surface area contributed by atoms with Crippen LogP contribution in [-0.2, 0) is 34.0 Å². The van der Waals surface area contributed by atoms with Gasteiger partial charge in [0.1, 0.15) is 0 Å². The first-order chi connectivity index (χ1) is 12.6. The molecule has 0 saturated carbocycles. The number of benzene rings is 2. The van der Waals surface area contributed by atoms with Crippen molar-refractivity contribution < 1.29 is 13.2 Å². The lowest BCUT2D eigenvalue weighted by Crippen LogP contribution is -2.46. The topological polar surface area (TPSA) is 46.6 Å². The van der Waals surface area contributed by atoms with Crippen LogP contribution in [0.2, 0.25) is 0 Å². The molecule has 1 heterocycles. The number of nitrogens with zero attached hydrogens (tertiary/aromatic N) is 1. The van der Waals surface area contributed by atoms with E-state index in [1.807, 2.05) is 30.3 Å². The largest absolute Gasteiger partial charge is 0.375 e. The van der Waals surface area contributed by atoms with E-state index in [-0.39, 0.29) is 6.10 Å². The van der Waals surface area contributed by atoms with Crippen LogP contribution in [-0.4, -0.2) is 38.5 Å². The molecule has 2 aromatic rings. The van der Waals surface area contributed by atoms with E-state index in [4.69, 9.17) is 4.74 Å². The summed E-state index contributed by atoms with van der Waals surface area (Å²) in [5.41, 5.74) is 3.68. The monoisotopic (exact) mass is 371 g/mol. The van der Waals surface area contributed by atoms with Gasteiger partial charge in [-0.05, 0) is 60.9 Å². The molecule has 1 aliphatic carbocycles. The van der Waals surface area contributed by atoms with Crippen molar-refractivity contribution in [2.75, 3.05) is 19.7 Å². The van der Waals surface area contributed by atoms with Crippen molar-refractivity contribution >= 4 is 10.0 Å². The zero-order valence-electron chi connectivity index (χ0n) is 14.9. The first-order valence-electron chi connectivity index (χ1n) is 9.40. The highest BCUT2D eigenvalue weighted by Gasteiger charge is 2.31. The Morgan fingerprint density at radius 2 is 1.77 bits per heavy atom. The summed E-state index contributed by atoms with van der Waals surface area (Å²) in [6, 6.07) is 15.8. The quantitative estimate of drug-likeness (QED) is 0.829. The third kappa shape index (κ3) is 3.70. The van der Waals surface area contributed by atoms with Gasteiger partial charge >= 0.3 is 0 Å². The van der Waals surface area contributed by atoms with Crippen molar-refractivity contribution in [2.24, 2.45) is 0 Å². The number of sulfonamides is 1. The van der Waals surface area contributed by atoms with E-state index in [2.05, 4.69) is 12.1 Å². The molecule has 0 spiro atoms. The Hall–Kier alpha value is -1.69. The van der Waals surface area contributed by atoms with Crippen molar-refractivity contribution in [1.82, 2.24) is 4.31 Å². The molecule has 0 bridgehead atoms. The summed E-state index contributed by atoms with van der Waals surface area (Å²) in [7, 11) is -3.47. The average Bonchev–Trinajstić information content (AvgIpc) is 2.68. The van der Waals surface area contributed by atoms with Crippen LogP contribution in [0.1, 0.15) is 29.5 Å². The van der Waals surface area contributed by atoms with Crippen LogP contribution in [0.3, 0.4) is 0 Å². The van der Waals surface area contributed by atoms with Gasteiger partial charge in [-0.2, -0.15) is 4.31 Å². The summed E-state index contributed by atoms with van der Waals surface area (Å²) in [6.45, 7) is 1.28. The predicted octanol–water partition coefficient (Wildman–Crippen LogP) is 3.20. The van der Waals surface area contributed by atoms with Gasteiger partial charge in [0.2, 0.25) is 10.0 Å². The Morgan fingerprint density at radius 3 is 2.58 bits per heavy atom. The van der Waals surface area contributed by atoms with E-state index >= 15 is 0 Å². The average molecular weight is 372 g/mol. The maximum absolute atomic E-state index is 13.1. The minimum absolute atomic E-state index is 0.0986. The molecule has 2 aliphatic rings. The van der Waals surface area contributed by atoms with Crippen LogP contribution in [0.5, 0.6) is 0 Å². The van der Waals surface area contributed by atoms with Crippen molar-refractivity contribution in [2.45, 2.75) is 43.1 Å². The minimum atomic E-state index is -3.47. The standard InChI is InChI=1S/C21H25NO3S/c23-26(24,21-11-10-18-8-4-5-9-19(18)15-21)22-12-13-25-20(16-22)14-17-6-2-1-3-7-17/h1-3,6-7,10-11,15,20H,4-5,8-9,12-14,16H2. The number of aryl methyl sites for hydroxylation is 2. The fraction of sp³-hybridized carbons (Fsp3) is 0.429. The van der Waals surface area contributed by atoms with E-state index in [1.54, 1.807) is 10.4 Å². The van der Waals surface area contributed by atoms with Gasteiger partial charge < -0.3 is 4.74 Å². The summed E-state index contributed by atoms with van der Waals surface area (Å²) in [4.78, 5) is 0.429. The lowest BCUT2D eigenvalue weighted by Gasteiger charge is -2.32. The van der Waals surface area contributed by atoms with E-state index in [9.17, 15) is 8.42 Å². The van der Waals surface area contributed by atoms with Gasteiger partial charge in [0.25, 0.3) is 0 Å². The summed E-state index contributed by atoms with van der Waals surface area (Å²) in [6.07, 6.45) is 5.03. The summed E-state index contributed by atoms with van der Waals surface area (Å²) in [5, 5.41) is 0. The number of rotatable bonds is 4. The van der Waals surface area contributed by atoms with Crippen LogP contribution in [0.25, 0.3) is 0 Å². The summed E-state index contributed by atoms with van der Waals surface area (Å²) in [5.74, 6) is 0. The molecule has 4 nitrogen and oxygen atoms in total. The molecular formula is C21H25NO3S. The molecular weight excluding hydrogens is 346 g/mol. The Bertz CT molecular complexity index is 864. The van der Waals surface area contributed by atoms with E-state index in [1.165, 1.54) is 23.1 Å². The molecule has 2 aromatic carbocycles. The smallest absolute Gasteiger partial charge is 0.243 e. The van der Waals surface area contributed by atoms with Crippen LogP contribution >= 0.6 is 0 Å². The van der Waals surface area contributed by atoms with Crippen LogP contribution in [0.4, 0.5) is 0 Å². The second-order valence-electron chi connectivity index (χ2n) is 7.18. The fourth-order valence-corrected chi connectivity index (χ4v) is 5.44. The molecule has 0 amide bonds. The second kappa shape index (κ2) is 7.51. The van der Waals surface area contributed by atoms with Crippen molar-refractivity contribution in [3.05, 3.63) is 65.2 Å². The lowest BCUT2D eigenvalue weighted by atomic mass is 9.92. The van der Waals surface area contributed by atoms with Gasteiger partial charge in [0.15, 0.2) is 0 Å². The van der Waals surface area contributed by atoms with Gasteiger partial charge in [-0.1, -0.05) is 36.4 Å². The number of ether oxygens (including phenoxy) is 1. The molecule has 1 unspecified atom stereocenters. The highest BCUT2D eigenvalue weighted by atomic mass is 32.2. The number of hydrogen-bond acceptors (Lipinski definition) is 3. The third-order valence-corrected chi connectivity index (χ3v) is 7.23. The Balaban J connectivity index is 1.52. The number of morpholine rings is 1. The number of fused-ring (bicyclic) bond motifs is 1. The third-order valence-electron chi connectivity index (χ3n) is 5.37. The first kappa shape index (κ1) is 17.7. The Kier molecular flexibility index (Phi) is 5.11. The molecule has 26 heavy (non-hydrogen) atoms. The lowest BCUT2D eigenvalue weighted by molar-refractivity contribution is -0.000496. The van der Waals surface area contributed by atoms with Crippen LogP contribution in [0, 0.1) is 0 Å². The molecule has 4 rings (SSSR count). The van der Waals surface area contributed by atoms with Gasteiger partial charge in [-0.15, -0.1) is 0 Å². The molecule has 0 radical (unpaired) electrons. The maximum Gasteiger partial charge on any atom is 0.243 e. The zero-order chi connectivity index (χ0) is 18.0. The molecule has 1 fully saturated rings. The normalized spacial score (nSPS) is 21.3. The fourth-order valence-electron chi connectivity index (χ4n) is 3.93. The van der Waals surface area contributed by atoms with Gasteiger partial charge in [-0.3, -0.25) is 0 Å². The molecule has 138 valence electrons. The van der Waals surface area contributed by atoms with Crippen LogP contribution < -0.4 is 0 Å². The Morgan fingerprint density at radius 1 is 1.00 bits per heavy atom. The summed E-state index contributed by atoms with van der Waals surface area (Å²) >= 11 is 0. The van der Waals surface area contributed by atoms with Crippen molar-refractivity contribution in [3.8, 4) is 0 Å². The highest BCUT2D eigenvalue weighted by molar-refractivity contribution is 7.89. The van der Waals surface area contributed by atoms with Crippen molar-refractivity contribution in [3.63, 3.8) is 0 Å². The van der Waals surface area contributed by atoms with Crippen molar-refractivity contribution in [1.29, 1.82) is 0 Å². The van der Waals surface area contributed by atoms with Gasteiger partial charge in [0, 0.05) is 13.1 Å². The SMILES string of the molecule is O=S(=O)(c1ccc2c(c1)CCCC2)N1CCOC(Cc2ccccc2)C1. The molecule has 5 heteroatoms. The maximum atomic E-state index is 13.1. The molecule has 0 aromatic heterocycles. The van der Waals surface area contributed by atoms with E-state index < -0.39 is 10.0 Å². The van der Waals surface area contributed by atoms with E-state index in [0.29, 0.717) is 24.6 Å². The van der Waals surface area contributed by atoms with Gasteiger partial charge in [0.05, 0.1) is 17.6 Å². The first-order valence-corrected chi connectivity index (χ1v) is 10.8. The van der Waals surface area contributed by atoms with E-state index in [0.717, 1.165) is 25.7 Å². The van der Waals surface area contributed by atoms with Crippen LogP contribution in [0.15, 0.2) is 53.4 Å². The number of hydrogen-bond donors (Lipinski definition) is 0. The Labute approximate surface area is 155 Å².